The molecule has 0 amide bonds. The average Bonchev–Trinajstić information content (AvgIpc) is 2.81. The lowest BCUT2D eigenvalue weighted by atomic mass is 9.83. The molecule has 4 rings (SSSR count). The second-order valence-electron chi connectivity index (χ2n) is 8.58. The molecule has 1 aliphatic heterocycles. The molecule has 3 aromatic carbocycles. The lowest BCUT2D eigenvalue weighted by Crippen LogP contribution is -2.45. The standard InChI is InChI=1S/C27H31FN2/c1-27(24-8-4-2-5-9-24,25-10-6-3-7-11-25)29-20-22-16-18-30(19-17-22)21-23-12-14-26(28)15-13-23/h2-15,22,29H,16-21H2,1H3. The summed E-state index contributed by atoms with van der Waals surface area (Å²) in [7, 11) is 0. The molecule has 0 radical (unpaired) electrons. The van der Waals surface area contributed by atoms with Crippen LogP contribution in [0, 0.1) is 11.7 Å². The second kappa shape index (κ2) is 9.55. The van der Waals surface area contributed by atoms with E-state index in [2.05, 4.69) is 77.8 Å². The summed E-state index contributed by atoms with van der Waals surface area (Å²) in [6.07, 6.45) is 2.38. The van der Waals surface area contributed by atoms with Crippen LogP contribution < -0.4 is 5.32 Å². The number of benzene rings is 3. The average molecular weight is 403 g/mol. The molecule has 1 fully saturated rings. The van der Waals surface area contributed by atoms with E-state index in [4.69, 9.17) is 0 Å². The highest BCUT2D eigenvalue weighted by Crippen LogP contribution is 2.30. The van der Waals surface area contributed by atoms with E-state index in [1.165, 1.54) is 29.5 Å². The third-order valence-electron chi connectivity index (χ3n) is 6.47. The van der Waals surface area contributed by atoms with Crippen LogP contribution in [0.15, 0.2) is 84.9 Å². The Balaban J connectivity index is 1.36. The van der Waals surface area contributed by atoms with Gasteiger partial charge in [-0.25, -0.2) is 4.39 Å². The molecule has 0 atom stereocenters. The molecule has 1 N–H and O–H groups in total. The predicted molar refractivity (Wildman–Crippen MR) is 122 cm³/mol. The maximum absolute atomic E-state index is 13.1. The van der Waals surface area contributed by atoms with Crippen LogP contribution in [-0.2, 0) is 12.1 Å². The van der Waals surface area contributed by atoms with Gasteiger partial charge in [-0.2, -0.15) is 0 Å². The Kier molecular flexibility index (Phi) is 6.61. The van der Waals surface area contributed by atoms with Gasteiger partial charge in [-0.3, -0.25) is 4.90 Å². The minimum atomic E-state index is -0.201. The number of hydrogen-bond donors (Lipinski definition) is 1. The van der Waals surface area contributed by atoms with E-state index in [0.717, 1.165) is 26.2 Å². The van der Waals surface area contributed by atoms with Gasteiger partial charge in [0, 0.05) is 6.54 Å². The minimum absolute atomic E-state index is 0.164. The van der Waals surface area contributed by atoms with Gasteiger partial charge in [0.15, 0.2) is 0 Å². The van der Waals surface area contributed by atoms with Crippen LogP contribution in [0.1, 0.15) is 36.5 Å². The van der Waals surface area contributed by atoms with Crippen molar-refractivity contribution in [3.8, 4) is 0 Å². The van der Waals surface area contributed by atoms with Gasteiger partial charge < -0.3 is 5.32 Å². The molecule has 1 saturated heterocycles. The molecule has 2 nitrogen and oxygen atoms in total. The molecular weight excluding hydrogens is 371 g/mol. The van der Waals surface area contributed by atoms with Gasteiger partial charge in [0.1, 0.15) is 5.82 Å². The van der Waals surface area contributed by atoms with E-state index in [9.17, 15) is 4.39 Å². The third kappa shape index (κ3) is 4.97. The number of nitrogens with zero attached hydrogens (tertiary/aromatic N) is 1. The van der Waals surface area contributed by atoms with Crippen LogP contribution in [0.3, 0.4) is 0 Å². The Morgan fingerprint density at radius 2 is 1.37 bits per heavy atom. The van der Waals surface area contributed by atoms with Crippen LogP contribution in [0.2, 0.25) is 0 Å². The molecule has 1 aliphatic rings. The van der Waals surface area contributed by atoms with Crippen LogP contribution in [0.4, 0.5) is 4.39 Å². The maximum atomic E-state index is 13.1. The van der Waals surface area contributed by atoms with E-state index in [1.54, 1.807) is 12.1 Å². The zero-order valence-corrected chi connectivity index (χ0v) is 17.7. The Morgan fingerprint density at radius 3 is 1.90 bits per heavy atom. The van der Waals surface area contributed by atoms with Gasteiger partial charge in [-0.05, 0) is 74.1 Å². The SMILES string of the molecule is CC(NCC1CCN(Cc2ccc(F)cc2)CC1)(c1ccccc1)c1ccccc1. The van der Waals surface area contributed by atoms with Crippen molar-refractivity contribution >= 4 is 0 Å². The first-order chi connectivity index (χ1) is 14.6. The Morgan fingerprint density at radius 1 is 0.833 bits per heavy atom. The van der Waals surface area contributed by atoms with Crippen molar-refractivity contribution in [2.75, 3.05) is 19.6 Å². The monoisotopic (exact) mass is 402 g/mol. The van der Waals surface area contributed by atoms with Crippen molar-refractivity contribution in [2.24, 2.45) is 5.92 Å². The number of halogens is 1. The number of rotatable bonds is 7. The molecule has 0 aliphatic carbocycles. The predicted octanol–water partition coefficient (Wildman–Crippen LogP) is 5.59. The smallest absolute Gasteiger partial charge is 0.123 e. The van der Waals surface area contributed by atoms with Gasteiger partial charge in [-0.15, -0.1) is 0 Å². The van der Waals surface area contributed by atoms with Crippen molar-refractivity contribution in [3.05, 3.63) is 107 Å². The maximum Gasteiger partial charge on any atom is 0.123 e. The zero-order valence-electron chi connectivity index (χ0n) is 17.7. The molecule has 156 valence electrons. The summed E-state index contributed by atoms with van der Waals surface area (Å²) < 4.78 is 13.1. The normalized spacial score (nSPS) is 15.9. The lowest BCUT2D eigenvalue weighted by Gasteiger charge is -2.37. The fourth-order valence-electron chi connectivity index (χ4n) is 4.46. The molecule has 3 aromatic rings. The summed E-state index contributed by atoms with van der Waals surface area (Å²) in [5.74, 6) is 0.504. The summed E-state index contributed by atoms with van der Waals surface area (Å²) in [5.41, 5.74) is 3.58. The summed E-state index contributed by atoms with van der Waals surface area (Å²) in [6.45, 7) is 6.40. The lowest BCUT2D eigenvalue weighted by molar-refractivity contribution is 0.170. The summed E-state index contributed by atoms with van der Waals surface area (Å²) in [4.78, 5) is 2.48. The van der Waals surface area contributed by atoms with Gasteiger partial charge in [0.05, 0.1) is 5.54 Å². The molecule has 0 bridgehead atoms. The number of nitrogens with one attached hydrogen (secondary N) is 1. The van der Waals surface area contributed by atoms with Crippen molar-refractivity contribution in [1.82, 2.24) is 10.2 Å². The third-order valence-corrected chi connectivity index (χ3v) is 6.47. The van der Waals surface area contributed by atoms with E-state index in [1.807, 2.05) is 12.1 Å². The number of hydrogen-bond acceptors (Lipinski definition) is 2. The largest absolute Gasteiger partial charge is 0.304 e. The van der Waals surface area contributed by atoms with Gasteiger partial charge >= 0.3 is 0 Å². The second-order valence-corrected chi connectivity index (χ2v) is 8.58. The summed E-state index contributed by atoms with van der Waals surface area (Å²) >= 11 is 0. The Labute approximate surface area is 179 Å². The first-order valence-electron chi connectivity index (χ1n) is 11.0. The summed E-state index contributed by atoms with van der Waals surface area (Å²) in [5, 5.41) is 3.91. The van der Waals surface area contributed by atoms with Crippen molar-refractivity contribution in [1.29, 1.82) is 0 Å². The minimum Gasteiger partial charge on any atom is -0.304 e. The Bertz CT molecular complexity index is 861. The first-order valence-corrected chi connectivity index (χ1v) is 11.0. The van der Waals surface area contributed by atoms with E-state index < -0.39 is 0 Å². The highest BCUT2D eigenvalue weighted by molar-refractivity contribution is 5.37. The van der Waals surface area contributed by atoms with Crippen LogP contribution in [0.5, 0.6) is 0 Å². The molecular formula is C27H31FN2. The topological polar surface area (TPSA) is 15.3 Å². The van der Waals surface area contributed by atoms with E-state index in [-0.39, 0.29) is 11.4 Å². The molecule has 0 unspecified atom stereocenters. The summed E-state index contributed by atoms with van der Waals surface area (Å²) in [6, 6.07) is 28.4. The molecule has 0 aromatic heterocycles. The molecule has 30 heavy (non-hydrogen) atoms. The number of piperidine rings is 1. The highest BCUT2D eigenvalue weighted by atomic mass is 19.1. The van der Waals surface area contributed by atoms with Gasteiger partial charge in [0.2, 0.25) is 0 Å². The molecule has 0 spiro atoms. The fraction of sp³-hybridized carbons (Fsp3) is 0.333. The molecule has 0 saturated carbocycles. The van der Waals surface area contributed by atoms with Crippen LogP contribution in [0.25, 0.3) is 0 Å². The molecule has 3 heteroatoms. The molecule has 1 heterocycles. The first kappa shape index (κ1) is 20.8. The number of likely N-dealkylation sites (tertiary alicyclic amines) is 1. The highest BCUT2D eigenvalue weighted by Gasteiger charge is 2.29. The Hall–Kier alpha value is -2.49. The zero-order chi connectivity index (χ0) is 20.8. The van der Waals surface area contributed by atoms with Crippen molar-refractivity contribution < 1.29 is 4.39 Å². The van der Waals surface area contributed by atoms with Gasteiger partial charge in [0.25, 0.3) is 0 Å². The van der Waals surface area contributed by atoms with Crippen LogP contribution >= 0.6 is 0 Å². The van der Waals surface area contributed by atoms with Crippen molar-refractivity contribution in [2.45, 2.75) is 31.8 Å². The fourth-order valence-corrected chi connectivity index (χ4v) is 4.46. The van der Waals surface area contributed by atoms with E-state index in [0.29, 0.717) is 5.92 Å². The van der Waals surface area contributed by atoms with Crippen molar-refractivity contribution in [3.63, 3.8) is 0 Å². The van der Waals surface area contributed by atoms with Gasteiger partial charge in [-0.1, -0.05) is 72.8 Å². The van der Waals surface area contributed by atoms with E-state index >= 15 is 0 Å². The quantitative estimate of drug-likeness (QED) is 0.554. The van der Waals surface area contributed by atoms with Crippen LogP contribution in [-0.4, -0.2) is 24.5 Å².